The standard InChI is InChI=1S/C15H20N2O2/c1-3-4-5-11(2)17-15(19)14(16)10-12-6-8-13(18)9-7-12/h3-9,14,18H,10,16H2,1-2H3,(H,17,19)/b4-3-,11-5+/t14-/m0/s1. The average molecular weight is 260 g/mol. The summed E-state index contributed by atoms with van der Waals surface area (Å²) in [6.45, 7) is 3.72. The number of amides is 1. The van der Waals surface area contributed by atoms with E-state index in [4.69, 9.17) is 5.73 Å². The molecule has 0 aliphatic rings. The highest BCUT2D eigenvalue weighted by atomic mass is 16.3. The molecular weight excluding hydrogens is 240 g/mol. The van der Waals surface area contributed by atoms with Crippen LogP contribution in [0.4, 0.5) is 0 Å². The number of rotatable bonds is 5. The number of nitrogens with one attached hydrogen (secondary N) is 1. The van der Waals surface area contributed by atoms with Crippen LogP contribution in [0.2, 0.25) is 0 Å². The first-order valence-corrected chi connectivity index (χ1v) is 6.17. The Hall–Kier alpha value is -2.07. The van der Waals surface area contributed by atoms with Crippen molar-refractivity contribution in [3.8, 4) is 5.75 Å². The zero-order valence-electron chi connectivity index (χ0n) is 11.3. The molecule has 1 aromatic rings. The van der Waals surface area contributed by atoms with Gasteiger partial charge in [0.25, 0.3) is 0 Å². The molecule has 0 bridgehead atoms. The first-order valence-electron chi connectivity index (χ1n) is 6.17. The first-order chi connectivity index (χ1) is 9.02. The number of phenolic OH excluding ortho intramolecular Hbond substituents is 1. The Kier molecular flexibility index (Phi) is 5.82. The minimum Gasteiger partial charge on any atom is -0.508 e. The fraction of sp³-hybridized carbons (Fsp3) is 0.267. The molecule has 4 heteroatoms. The first kappa shape index (κ1) is 15.0. The van der Waals surface area contributed by atoms with Gasteiger partial charge in [0.1, 0.15) is 5.75 Å². The van der Waals surface area contributed by atoms with Crippen molar-refractivity contribution in [2.75, 3.05) is 0 Å². The lowest BCUT2D eigenvalue weighted by atomic mass is 10.1. The minimum absolute atomic E-state index is 0.201. The molecular formula is C15H20N2O2. The lowest BCUT2D eigenvalue weighted by Crippen LogP contribution is -2.41. The van der Waals surface area contributed by atoms with Crippen LogP contribution in [0.1, 0.15) is 19.4 Å². The molecule has 0 unspecified atom stereocenters. The van der Waals surface area contributed by atoms with Gasteiger partial charge in [-0.1, -0.05) is 24.3 Å². The molecule has 0 aromatic heterocycles. The number of hydrogen-bond acceptors (Lipinski definition) is 3. The highest BCUT2D eigenvalue weighted by molar-refractivity contribution is 5.83. The van der Waals surface area contributed by atoms with E-state index < -0.39 is 6.04 Å². The third-order valence-corrected chi connectivity index (χ3v) is 2.59. The maximum absolute atomic E-state index is 11.8. The number of carbonyl (C=O) groups excluding carboxylic acids is 1. The molecule has 0 heterocycles. The molecule has 1 amide bonds. The average Bonchev–Trinajstić information content (AvgIpc) is 2.39. The third kappa shape index (κ3) is 5.40. The second-order valence-electron chi connectivity index (χ2n) is 4.34. The SMILES string of the molecule is C/C=C\C=C(/C)NC(=O)[C@@H](N)Cc1ccc(O)cc1. The maximum Gasteiger partial charge on any atom is 0.241 e. The molecule has 0 spiro atoms. The van der Waals surface area contributed by atoms with Crippen LogP contribution < -0.4 is 11.1 Å². The largest absolute Gasteiger partial charge is 0.508 e. The number of phenols is 1. The van der Waals surface area contributed by atoms with Gasteiger partial charge in [0.2, 0.25) is 5.91 Å². The number of hydrogen-bond donors (Lipinski definition) is 3. The second-order valence-corrected chi connectivity index (χ2v) is 4.34. The number of aromatic hydroxyl groups is 1. The van der Waals surface area contributed by atoms with Gasteiger partial charge >= 0.3 is 0 Å². The van der Waals surface area contributed by atoms with Crippen molar-refractivity contribution in [3.63, 3.8) is 0 Å². The van der Waals surface area contributed by atoms with E-state index in [0.717, 1.165) is 11.3 Å². The van der Waals surface area contributed by atoms with Crippen molar-refractivity contribution >= 4 is 5.91 Å². The van der Waals surface area contributed by atoms with Crippen LogP contribution in [-0.2, 0) is 11.2 Å². The number of benzene rings is 1. The molecule has 1 aromatic carbocycles. The number of allylic oxidation sites excluding steroid dienone is 4. The van der Waals surface area contributed by atoms with Crippen LogP contribution in [0.3, 0.4) is 0 Å². The van der Waals surface area contributed by atoms with Crippen LogP contribution in [0.5, 0.6) is 5.75 Å². The quantitative estimate of drug-likeness (QED) is 0.707. The van der Waals surface area contributed by atoms with Crippen LogP contribution in [0.15, 0.2) is 48.2 Å². The Balaban J connectivity index is 2.55. The van der Waals surface area contributed by atoms with Crippen molar-refractivity contribution < 1.29 is 9.90 Å². The molecule has 0 aliphatic carbocycles. The van der Waals surface area contributed by atoms with E-state index in [-0.39, 0.29) is 11.7 Å². The normalized spacial score (nSPS) is 13.5. The molecule has 1 rings (SSSR count). The summed E-state index contributed by atoms with van der Waals surface area (Å²) in [4.78, 5) is 11.8. The Morgan fingerprint density at radius 1 is 1.42 bits per heavy atom. The van der Waals surface area contributed by atoms with Gasteiger partial charge in [0.05, 0.1) is 6.04 Å². The molecule has 4 N–H and O–H groups in total. The van der Waals surface area contributed by atoms with Gasteiger partial charge < -0.3 is 16.2 Å². The highest BCUT2D eigenvalue weighted by Crippen LogP contribution is 2.10. The summed E-state index contributed by atoms with van der Waals surface area (Å²) >= 11 is 0. The maximum atomic E-state index is 11.8. The summed E-state index contributed by atoms with van der Waals surface area (Å²) in [5.74, 6) is -0.0155. The van der Waals surface area contributed by atoms with Crippen molar-refractivity contribution in [3.05, 3.63) is 53.8 Å². The van der Waals surface area contributed by atoms with Gasteiger partial charge in [-0.25, -0.2) is 0 Å². The van der Waals surface area contributed by atoms with E-state index in [0.29, 0.717) is 6.42 Å². The summed E-state index contributed by atoms with van der Waals surface area (Å²) in [6, 6.07) is 6.06. The molecule has 102 valence electrons. The Bertz CT molecular complexity index is 475. The van der Waals surface area contributed by atoms with Crippen LogP contribution in [-0.4, -0.2) is 17.1 Å². The lowest BCUT2D eigenvalue weighted by molar-refractivity contribution is -0.121. The van der Waals surface area contributed by atoms with E-state index in [1.165, 1.54) is 0 Å². The Morgan fingerprint density at radius 2 is 2.05 bits per heavy atom. The predicted molar refractivity (Wildman–Crippen MR) is 76.5 cm³/mol. The zero-order chi connectivity index (χ0) is 14.3. The van der Waals surface area contributed by atoms with Gasteiger partial charge in [-0.3, -0.25) is 4.79 Å². The number of nitrogens with two attached hydrogens (primary N) is 1. The fourth-order valence-electron chi connectivity index (χ4n) is 1.55. The zero-order valence-corrected chi connectivity index (χ0v) is 11.3. The third-order valence-electron chi connectivity index (χ3n) is 2.59. The molecule has 0 radical (unpaired) electrons. The topological polar surface area (TPSA) is 75.4 Å². The van der Waals surface area contributed by atoms with Crippen molar-refractivity contribution in [2.45, 2.75) is 26.3 Å². The van der Waals surface area contributed by atoms with Gasteiger partial charge in [0.15, 0.2) is 0 Å². The summed E-state index contributed by atoms with van der Waals surface area (Å²) in [7, 11) is 0. The molecule has 4 nitrogen and oxygen atoms in total. The van der Waals surface area contributed by atoms with Gasteiger partial charge in [0, 0.05) is 5.70 Å². The molecule has 1 atom stereocenters. The molecule has 0 aliphatic heterocycles. The van der Waals surface area contributed by atoms with Crippen LogP contribution in [0.25, 0.3) is 0 Å². The second kappa shape index (κ2) is 7.38. The molecule has 0 saturated carbocycles. The van der Waals surface area contributed by atoms with E-state index in [1.54, 1.807) is 24.3 Å². The van der Waals surface area contributed by atoms with Gasteiger partial charge in [-0.15, -0.1) is 0 Å². The van der Waals surface area contributed by atoms with Crippen molar-refractivity contribution in [1.29, 1.82) is 0 Å². The van der Waals surface area contributed by atoms with E-state index in [2.05, 4.69) is 5.32 Å². The van der Waals surface area contributed by atoms with Gasteiger partial charge in [-0.2, -0.15) is 0 Å². The summed E-state index contributed by atoms with van der Waals surface area (Å²) < 4.78 is 0. The smallest absolute Gasteiger partial charge is 0.241 e. The van der Waals surface area contributed by atoms with E-state index >= 15 is 0 Å². The summed E-state index contributed by atoms with van der Waals surface area (Å²) in [6.07, 6.45) is 5.97. The predicted octanol–water partition coefficient (Wildman–Crippen LogP) is 1.86. The fourth-order valence-corrected chi connectivity index (χ4v) is 1.55. The number of carbonyl (C=O) groups is 1. The molecule has 0 saturated heterocycles. The van der Waals surface area contributed by atoms with Crippen LogP contribution >= 0.6 is 0 Å². The Labute approximate surface area is 113 Å². The van der Waals surface area contributed by atoms with Crippen molar-refractivity contribution in [1.82, 2.24) is 5.32 Å². The molecule has 0 fully saturated rings. The van der Waals surface area contributed by atoms with Gasteiger partial charge in [-0.05, 0) is 44.0 Å². The van der Waals surface area contributed by atoms with Crippen molar-refractivity contribution in [2.24, 2.45) is 5.73 Å². The molecule has 19 heavy (non-hydrogen) atoms. The summed E-state index contributed by atoms with van der Waals surface area (Å²) in [5.41, 5.74) is 7.51. The van der Waals surface area contributed by atoms with E-state index in [9.17, 15) is 9.90 Å². The summed E-state index contributed by atoms with van der Waals surface area (Å²) in [5, 5.41) is 11.9. The van der Waals surface area contributed by atoms with Crippen LogP contribution in [0, 0.1) is 0 Å². The lowest BCUT2D eigenvalue weighted by Gasteiger charge is -2.12. The monoisotopic (exact) mass is 260 g/mol. The minimum atomic E-state index is -0.613. The highest BCUT2D eigenvalue weighted by Gasteiger charge is 2.13. The Morgan fingerprint density at radius 3 is 2.63 bits per heavy atom. The van der Waals surface area contributed by atoms with E-state index in [1.807, 2.05) is 32.1 Å².